The summed E-state index contributed by atoms with van der Waals surface area (Å²) in [5.74, 6) is 0. The van der Waals surface area contributed by atoms with Gasteiger partial charge in [-0.2, -0.15) is 0 Å². The minimum Gasteiger partial charge on any atom is -0.375 e. The molecule has 0 unspecified atom stereocenters. The van der Waals surface area contributed by atoms with Crippen molar-refractivity contribution in [3.8, 4) is 0 Å². The molecule has 0 bridgehead atoms. The van der Waals surface area contributed by atoms with Gasteiger partial charge in [0.15, 0.2) is 0 Å². The van der Waals surface area contributed by atoms with Crippen molar-refractivity contribution in [3.05, 3.63) is 34.3 Å². The molecule has 0 radical (unpaired) electrons. The van der Waals surface area contributed by atoms with E-state index in [1.54, 1.807) is 0 Å². The van der Waals surface area contributed by atoms with Crippen LogP contribution in [0.5, 0.6) is 0 Å². The third kappa shape index (κ3) is 2.15. The molecule has 13 heavy (non-hydrogen) atoms. The summed E-state index contributed by atoms with van der Waals surface area (Å²) < 4.78 is 5.28. The molecule has 1 aromatic carbocycles. The molecule has 1 aromatic rings. The Morgan fingerprint density at radius 1 is 1.46 bits per heavy atom. The van der Waals surface area contributed by atoms with Crippen LogP contribution < -0.4 is 5.73 Å². The molecule has 0 amide bonds. The van der Waals surface area contributed by atoms with Gasteiger partial charge < -0.3 is 10.5 Å². The third-order valence-corrected chi connectivity index (χ3v) is 2.29. The van der Waals surface area contributed by atoms with Crippen molar-refractivity contribution in [2.24, 2.45) is 5.73 Å². The smallest absolute Gasteiger partial charge is 0.0721 e. The van der Waals surface area contributed by atoms with E-state index in [1.165, 1.54) is 0 Å². The van der Waals surface area contributed by atoms with Crippen LogP contribution >= 0.6 is 24.0 Å². The molecule has 2 nitrogen and oxygen atoms in total. The Morgan fingerprint density at radius 2 is 2.23 bits per heavy atom. The van der Waals surface area contributed by atoms with E-state index in [-0.39, 0.29) is 18.4 Å². The molecule has 0 saturated heterocycles. The molecule has 1 aliphatic rings. The molecule has 0 aromatic heterocycles. The SMILES string of the molecule is Cl.N[C@@H]1COCc2cc(Cl)ccc21. The van der Waals surface area contributed by atoms with E-state index in [2.05, 4.69) is 0 Å². The first-order valence-corrected chi connectivity index (χ1v) is 4.27. The number of hydrogen-bond donors (Lipinski definition) is 1. The van der Waals surface area contributed by atoms with Crippen LogP contribution in [0.15, 0.2) is 18.2 Å². The zero-order valence-electron chi connectivity index (χ0n) is 7.00. The molecule has 0 spiro atoms. The second-order valence-corrected chi connectivity index (χ2v) is 3.40. The van der Waals surface area contributed by atoms with Crippen LogP contribution in [-0.2, 0) is 11.3 Å². The molecule has 1 aliphatic heterocycles. The minimum atomic E-state index is 0. The van der Waals surface area contributed by atoms with Gasteiger partial charge in [-0.25, -0.2) is 0 Å². The predicted octanol–water partition coefficient (Wildman–Crippen LogP) is 2.29. The molecular weight excluding hydrogens is 209 g/mol. The second-order valence-electron chi connectivity index (χ2n) is 2.96. The zero-order chi connectivity index (χ0) is 8.55. The van der Waals surface area contributed by atoms with Gasteiger partial charge in [0, 0.05) is 5.02 Å². The van der Waals surface area contributed by atoms with Crippen molar-refractivity contribution in [3.63, 3.8) is 0 Å². The van der Waals surface area contributed by atoms with E-state index >= 15 is 0 Å². The Hall–Kier alpha value is -0.280. The minimum absolute atomic E-state index is 0. The fraction of sp³-hybridized carbons (Fsp3) is 0.333. The van der Waals surface area contributed by atoms with E-state index in [1.807, 2.05) is 18.2 Å². The van der Waals surface area contributed by atoms with E-state index in [0.29, 0.717) is 13.2 Å². The molecule has 72 valence electrons. The Labute approximate surface area is 88.4 Å². The highest BCUT2D eigenvalue weighted by atomic mass is 35.5. The lowest BCUT2D eigenvalue weighted by Gasteiger charge is -2.22. The monoisotopic (exact) mass is 219 g/mol. The van der Waals surface area contributed by atoms with Gasteiger partial charge >= 0.3 is 0 Å². The summed E-state index contributed by atoms with van der Waals surface area (Å²) in [6.07, 6.45) is 0. The molecule has 1 heterocycles. The summed E-state index contributed by atoms with van der Waals surface area (Å²) in [7, 11) is 0. The second kappa shape index (κ2) is 4.29. The Balaban J connectivity index is 0.000000845. The van der Waals surface area contributed by atoms with Gasteiger partial charge in [-0.15, -0.1) is 12.4 Å². The van der Waals surface area contributed by atoms with Crippen molar-refractivity contribution in [2.75, 3.05) is 6.61 Å². The third-order valence-electron chi connectivity index (χ3n) is 2.06. The van der Waals surface area contributed by atoms with E-state index in [9.17, 15) is 0 Å². The lowest BCUT2D eigenvalue weighted by molar-refractivity contribution is 0.0924. The van der Waals surface area contributed by atoms with Gasteiger partial charge in [0.2, 0.25) is 0 Å². The van der Waals surface area contributed by atoms with Crippen LogP contribution in [0.2, 0.25) is 5.02 Å². The number of hydrogen-bond acceptors (Lipinski definition) is 2. The highest BCUT2D eigenvalue weighted by Crippen LogP contribution is 2.25. The van der Waals surface area contributed by atoms with Gasteiger partial charge in [-0.1, -0.05) is 17.7 Å². The molecule has 1 atom stereocenters. The maximum atomic E-state index is 5.83. The fourth-order valence-corrected chi connectivity index (χ4v) is 1.64. The fourth-order valence-electron chi connectivity index (χ4n) is 1.45. The number of benzene rings is 1. The summed E-state index contributed by atoms with van der Waals surface area (Å²) >= 11 is 5.83. The van der Waals surface area contributed by atoms with E-state index in [4.69, 9.17) is 22.1 Å². The molecule has 2 rings (SSSR count). The van der Waals surface area contributed by atoms with Crippen LogP contribution in [0.25, 0.3) is 0 Å². The standard InChI is InChI=1S/C9H10ClNO.ClH/c10-7-1-2-8-6(3-7)4-12-5-9(8)11;/h1-3,9H,4-5,11H2;1H/t9-;/m1./s1. The topological polar surface area (TPSA) is 35.2 Å². The molecule has 0 fully saturated rings. The number of nitrogens with two attached hydrogens (primary N) is 1. The van der Waals surface area contributed by atoms with Crippen LogP contribution in [-0.4, -0.2) is 6.61 Å². The summed E-state index contributed by atoms with van der Waals surface area (Å²) in [5, 5.41) is 0.742. The summed E-state index contributed by atoms with van der Waals surface area (Å²) in [6.45, 7) is 1.23. The first-order chi connectivity index (χ1) is 5.77. The first kappa shape index (κ1) is 10.8. The zero-order valence-corrected chi connectivity index (χ0v) is 8.57. The van der Waals surface area contributed by atoms with E-state index < -0.39 is 0 Å². The normalized spacial score (nSPS) is 20.3. The maximum absolute atomic E-state index is 5.83. The van der Waals surface area contributed by atoms with Crippen molar-refractivity contribution in [1.82, 2.24) is 0 Å². The molecular formula is C9H11Cl2NO. The molecule has 2 N–H and O–H groups in total. The number of rotatable bonds is 0. The highest BCUT2D eigenvalue weighted by molar-refractivity contribution is 6.30. The lowest BCUT2D eigenvalue weighted by Crippen LogP contribution is -2.23. The number of halogens is 2. The Morgan fingerprint density at radius 3 is 3.00 bits per heavy atom. The average Bonchev–Trinajstić information content (AvgIpc) is 2.04. The number of ether oxygens (including phenoxy) is 1. The number of fused-ring (bicyclic) bond motifs is 1. The van der Waals surface area contributed by atoms with Gasteiger partial charge in [-0.05, 0) is 23.3 Å². The average molecular weight is 220 g/mol. The van der Waals surface area contributed by atoms with Crippen molar-refractivity contribution < 1.29 is 4.74 Å². The van der Waals surface area contributed by atoms with Crippen LogP contribution in [0.4, 0.5) is 0 Å². The quantitative estimate of drug-likeness (QED) is 0.727. The van der Waals surface area contributed by atoms with Gasteiger partial charge in [-0.3, -0.25) is 0 Å². The predicted molar refractivity (Wildman–Crippen MR) is 55.3 cm³/mol. The summed E-state index contributed by atoms with van der Waals surface area (Å²) in [5.41, 5.74) is 8.10. The highest BCUT2D eigenvalue weighted by Gasteiger charge is 2.16. The molecule has 0 aliphatic carbocycles. The first-order valence-electron chi connectivity index (χ1n) is 3.89. The van der Waals surface area contributed by atoms with E-state index in [0.717, 1.165) is 16.1 Å². The Kier molecular flexibility index (Phi) is 3.56. The van der Waals surface area contributed by atoms with Gasteiger partial charge in [0.05, 0.1) is 19.3 Å². The van der Waals surface area contributed by atoms with Crippen molar-refractivity contribution in [1.29, 1.82) is 0 Å². The van der Waals surface area contributed by atoms with Crippen LogP contribution in [0.3, 0.4) is 0 Å². The van der Waals surface area contributed by atoms with Crippen molar-refractivity contribution >= 4 is 24.0 Å². The van der Waals surface area contributed by atoms with Gasteiger partial charge in [0.1, 0.15) is 0 Å². The van der Waals surface area contributed by atoms with Crippen LogP contribution in [0, 0.1) is 0 Å². The summed E-state index contributed by atoms with van der Waals surface area (Å²) in [4.78, 5) is 0. The molecule has 4 heteroatoms. The van der Waals surface area contributed by atoms with Gasteiger partial charge in [0.25, 0.3) is 0 Å². The van der Waals surface area contributed by atoms with Crippen LogP contribution in [0.1, 0.15) is 17.2 Å². The lowest BCUT2D eigenvalue weighted by atomic mass is 10.00. The molecule has 0 saturated carbocycles. The maximum Gasteiger partial charge on any atom is 0.0721 e. The van der Waals surface area contributed by atoms with Crippen molar-refractivity contribution in [2.45, 2.75) is 12.6 Å². The Bertz CT molecular complexity index is 304. The summed E-state index contributed by atoms with van der Waals surface area (Å²) in [6, 6.07) is 5.76. The largest absolute Gasteiger partial charge is 0.375 e.